The van der Waals surface area contributed by atoms with Gasteiger partial charge >= 0.3 is 0 Å². The lowest BCUT2D eigenvalue weighted by atomic mass is 10.5. The van der Waals surface area contributed by atoms with Gasteiger partial charge in [0.05, 0.1) is 139 Å². The van der Waals surface area contributed by atoms with Gasteiger partial charge in [0.1, 0.15) is 0 Å². The standard InChI is InChI=1S/C26H46ClNO12/c27-3-5-31-7-9-33-11-13-35-15-17-37-19-21-39-23-24-40-22-20-38-18-16-36-14-12-34-10-8-32-6-4-28-25(29)1-2-26(28)30/h1-2H,3-24H2. The molecule has 0 unspecified atom stereocenters. The molecule has 0 N–H and O–H groups in total. The number of ether oxygens (including phenoxy) is 10. The molecular weight excluding hydrogens is 554 g/mol. The molecule has 234 valence electrons. The van der Waals surface area contributed by atoms with Crippen molar-refractivity contribution in [2.45, 2.75) is 0 Å². The van der Waals surface area contributed by atoms with Crippen molar-refractivity contribution in [3.8, 4) is 0 Å². The molecule has 0 bridgehead atoms. The fraction of sp³-hybridized carbons (Fsp3) is 0.846. The van der Waals surface area contributed by atoms with E-state index in [0.717, 1.165) is 4.90 Å². The van der Waals surface area contributed by atoms with E-state index in [0.29, 0.717) is 131 Å². The van der Waals surface area contributed by atoms with Crippen molar-refractivity contribution in [1.82, 2.24) is 4.90 Å². The van der Waals surface area contributed by atoms with Gasteiger partial charge in [-0.2, -0.15) is 0 Å². The highest BCUT2D eigenvalue weighted by Crippen LogP contribution is 2.02. The van der Waals surface area contributed by atoms with Crippen molar-refractivity contribution in [3.05, 3.63) is 12.2 Å². The van der Waals surface area contributed by atoms with E-state index >= 15 is 0 Å². The third-order valence-electron chi connectivity index (χ3n) is 4.93. The van der Waals surface area contributed by atoms with Gasteiger partial charge in [0, 0.05) is 18.0 Å². The molecule has 1 heterocycles. The topological polar surface area (TPSA) is 130 Å². The van der Waals surface area contributed by atoms with Crippen LogP contribution in [-0.2, 0) is 57.0 Å². The molecule has 1 rings (SSSR count). The molecule has 1 aliphatic rings. The monoisotopic (exact) mass is 599 g/mol. The maximum atomic E-state index is 11.4. The number of rotatable bonds is 32. The Balaban J connectivity index is 1.63. The molecule has 0 spiro atoms. The SMILES string of the molecule is O=C1C=CC(=O)N1CCOCCOCCOCCOCCOCCOCCOCCOCCOCCOCCCl. The van der Waals surface area contributed by atoms with Gasteiger partial charge in [-0.25, -0.2) is 0 Å². The molecule has 0 aromatic rings. The number of hydrogen-bond acceptors (Lipinski definition) is 12. The molecule has 0 saturated heterocycles. The minimum Gasteiger partial charge on any atom is -0.378 e. The third-order valence-corrected chi connectivity index (χ3v) is 5.08. The summed E-state index contributed by atoms with van der Waals surface area (Å²) in [6, 6.07) is 0. The predicted octanol–water partition coefficient (Wildman–Crippen LogP) is 0.316. The Labute approximate surface area is 242 Å². The average Bonchev–Trinajstić information content (AvgIpc) is 3.28. The van der Waals surface area contributed by atoms with Crippen molar-refractivity contribution in [2.75, 3.05) is 145 Å². The minimum absolute atomic E-state index is 0.241. The molecule has 0 aromatic heterocycles. The molecule has 13 nitrogen and oxygen atoms in total. The average molecular weight is 600 g/mol. The fourth-order valence-corrected chi connectivity index (χ4v) is 3.05. The minimum atomic E-state index is -0.306. The summed E-state index contributed by atoms with van der Waals surface area (Å²) in [5.41, 5.74) is 0. The Bertz CT molecular complexity index is 610. The van der Waals surface area contributed by atoms with Crippen LogP contribution in [0.4, 0.5) is 0 Å². The van der Waals surface area contributed by atoms with Gasteiger partial charge in [-0.15, -0.1) is 11.6 Å². The second-order valence-electron chi connectivity index (χ2n) is 7.97. The van der Waals surface area contributed by atoms with Crippen molar-refractivity contribution in [1.29, 1.82) is 0 Å². The van der Waals surface area contributed by atoms with Crippen molar-refractivity contribution in [2.24, 2.45) is 0 Å². The van der Waals surface area contributed by atoms with Crippen LogP contribution < -0.4 is 0 Å². The van der Waals surface area contributed by atoms with Gasteiger partial charge in [0.15, 0.2) is 0 Å². The van der Waals surface area contributed by atoms with Crippen LogP contribution in [-0.4, -0.2) is 161 Å². The second kappa shape index (κ2) is 29.3. The van der Waals surface area contributed by atoms with E-state index in [-0.39, 0.29) is 25.0 Å². The maximum Gasteiger partial charge on any atom is 0.253 e. The van der Waals surface area contributed by atoms with Gasteiger partial charge in [0.25, 0.3) is 11.8 Å². The van der Waals surface area contributed by atoms with Gasteiger partial charge in [-0.3, -0.25) is 14.5 Å². The first-order chi connectivity index (χ1) is 19.8. The molecule has 0 radical (unpaired) electrons. The Morgan fingerprint density at radius 1 is 0.400 bits per heavy atom. The van der Waals surface area contributed by atoms with E-state index < -0.39 is 0 Å². The van der Waals surface area contributed by atoms with E-state index in [9.17, 15) is 9.59 Å². The Morgan fingerprint density at radius 2 is 0.625 bits per heavy atom. The normalized spacial score (nSPS) is 13.3. The number of halogens is 1. The van der Waals surface area contributed by atoms with Crippen LogP contribution in [0.2, 0.25) is 0 Å². The molecule has 0 aromatic carbocycles. The van der Waals surface area contributed by atoms with Crippen LogP contribution in [0.3, 0.4) is 0 Å². The Morgan fingerprint density at radius 3 is 0.875 bits per heavy atom. The highest BCUT2D eigenvalue weighted by Gasteiger charge is 2.22. The number of nitrogens with zero attached hydrogens (tertiary/aromatic N) is 1. The summed E-state index contributed by atoms with van der Waals surface area (Å²) in [5.74, 6) is -0.119. The number of hydrogen-bond donors (Lipinski definition) is 0. The molecule has 0 fully saturated rings. The van der Waals surface area contributed by atoms with E-state index in [1.54, 1.807) is 0 Å². The number of carbonyl (C=O) groups excluding carboxylic acids is 2. The summed E-state index contributed by atoms with van der Waals surface area (Å²) in [7, 11) is 0. The second-order valence-corrected chi connectivity index (χ2v) is 8.35. The summed E-state index contributed by atoms with van der Waals surface area (Å²) in [4.78, 5) is 23.9. The summed E-state index contributed by atoms with van der Waals surface area (Å²) in [5, 5.41) is 0. The third kappa shape index (κ3) is 23.5. The number of amides is 2. The highest BCUT2D eigenvalue weighted by molar-refractivity contribution is 6.18. The van der Waals surface area contributed by atoms with Crippen LogP contribution >= 0.6 is 11.6 Å². The van der Waals surface area contributed by atoms with Crippen LogP contribution in [0.5, 0.6) is 0 Å². The van der Waals surface area contributed by atoms with Crippen molar-refractivity contribution >= 4 is 23.4 Å². The lowest BCUT2D eigenvalue weighted by Crippen LogP contribution is -2.33. The van der Waals surface area contributed by atoms with Crippen molar-refractivity contribution < 1.29 is 57.0 Å². The number of imide groups is 1. The Kier molecular flexibility index (Phi) is 26.9. The largest absolute Gasteiger partial charge is 0.378 e. The maximum absolute atomic E-state index is 11.4. The van der Waals surface area contributed by atoms with E-state index in [1.165, 1.54) is 12.2 Å². The van der Waals surface area contributed by atoms with Crippen molar-refractivity contribution in [3.63, 3.8) is 0 Å². The summed E-state index contributed by atoms with van der Waals surface area (Å²) in [6.07, 6.45) is 2.51. The lowest BCUT2D eigenvalue weighted by molar-refractivity contribution is -0.137. The quantitative estimate of drug-likeness (QED) is 0.0599. The lowest BCUT2D eigenvalue weighted by Gasteiger charge is -2.13. The van der Waals surface area contributed by atoms with Crippen LogP contribution in [0.15, 0.2) is 12.2 Å². The molecule has 40 heavy (non-hydrogen) atoms. The first-order valence-electron chi connectivity index (χ1n) is 13.6. The van der Waals surface area contributed by atoms with E-state index in [1.807, 2.05) is 0 Å². The van der Waals surface area contributed by atoms with E-state index in [2.05, 4.69) is 0 Å². The first kappa shape index (κ1) is 36.8. The zero-order chi connectivity index (χ0) is 28.8. The number of alkyl halides is 1. The summed E-state index contributed by atoms with van der Waals surface area (Å²) < 4.78 is 53.9. The first-order valence-corrected chi connectivity index (χ1v) is 14.2. The van der Waals surface area contributed by atoms with Gasteiger partial charge in [-0.05, 0) is 0 Å². The number of carbonyl (C=O) groups is 2. The molecular formula is C26H46ClNO12. The van der Waals surface area contributed by atoms with Crippen LogP contribution in [0.25, 0.3) is 0 Å². The molecule has 0 atom stereocenters. The smallest absolute Gasteiger partial charge is 0.253 e. The van der Waals surface area contributed by atoms with Crippen LogP contribution in [0, 0.1) is 0 Å². The van der Waals surface area contributed by atoms with Crippen LogP contribution in [0.1, 0.15) is 0 Å². The fourth-order valence-electron chi connectivity index (χ4n) is 2.94. The van der Waals surface area contributed by atoms with E-state index in [4.69, 9.17) is 59.0 Å². The highest BCUT2D eigenvalue weighted by atomic mass is 35.5. The molecule has 14 heteroatoms. The molecule has 0 saturated carbocycles. The predicted molar refractivity (Wildman–Crippen MR) is 145 cm³/mol. The molecule has 0 aliphatic carbocycles. The summed E-state index contributed by atoms with van der Waals surface area (Å²) in [6.45, 7) is 9.80. The zero-order valence-corrected chi connectivity index (χ0v) is 24.2. The molecule has 1 aliphatic heterocycles. The van der Waals surface area contributed by atoms with Gasteiger partial charge in [0.2, 0.25) is 0 Å². The zero-order valence-electron chi connectivity index (χ0n) is 23.4. The Hall–Kier alpha value is -1.23. The molecule has 2 amide bonds. The van der Waals surface area contributed by atoms with Gasteiger partial charge < -0.3 is 47.4 Å². The summed E-state index contributed by atoms with van der Waals surface area (Å²) >= 11 is 5.50. The van der Waals surface area contributed by atoms with Gasteiger partial charge in [-0.1, -0.05) is 0 Å².